The lowest BCUT2D eigenvalue weighted by Gasteiger charge is -2.42. The maximum Gasteiger partial charge on any atom is 0.305 e. The van der Waals surface area contributed by atoms with Gasteiger partial charge in [-0.05, 0) is 44.7 Å². The molecule has 1 heterocycles. The summed E-state index contributed by atoms with van der Waals surface area (Å²) < 4.78 is 5.56. The van der Waals surface area contributed by atoms with Crippen molar-refractivity contribution in [3.63, 3.8) is 0 Å². The molecule has 9 nitrogen and oxygen atoms in total. The van der Waals surface area contributed by atoms with Crippen LogP contribution in [0.3, 0.4) is 0 Å². The van der Waals surface area contributed by atoms with Crippen LogP contribution in [0.15, 0.2) is 52.6 Å². The van der Waals surface area contributed by atoms with Gasteiger partial charge in [0.2, 0.25) is 11.8 Å². The Balaban J connectivity index is 1.64. The monoisotopic (exact) mass is 505 g/mol. The van der Waals surface area contributed by atoms with Crippen molar-refractivity contribution >= 4 is 29.4 Å². The van der Waals surface area contributed by atoms with Crippen LogP contribution in [0.25, 0.3) is 0 Å². The molecule has 4 atom stereocenters. The highest BCUT2D eigenvalue weighted by molar-refractivity contribution is 6.23. The predicted octanol–water partition coefficient (Wildman–Crippen LogP) is 2.70. The van der Waals surface area contributed by atoms with Crippen LogP contribution in [0.1, 0.15) is 44.6 Å². The lowest BCUT2D eigenvalue weighted by molar-refractivity contribution is -0.142. The number of ketones is 2. The van der Waals surface area contributed by atoms with Gasteiger partial charge in [-0.25, -0.2) is 0 Å². The standard InChI is InChI=1S/C28H27NO8/c1-3-37-20-6-4-5-15(26(20)34)22-14-7-8-16-23(28(36)29(27(16)35)10-9-21(31)32)17(14)12-18-24(22)19(30)11-13(2)25(18)33/h4-7,11,16-17,22-23,34H,3,8-10,12H2,1-2H3,(H,31,32)/t16-,17+,22+,23-/m0/s1. The number of amides is 2. The molecule has 0 bridgehead atoms. The molecule has 0 spiro atoms. The molecule has 1 saturated heterocycles. The number of allylic oxidation sites excluding steroid dienone is 6. The normalized spacial score (nSPS) is 26.9. The SMILES string of the molecule is CCOc1cccc([C@H]2C3=CC[C@@H]4C(=O)N(CCC(=O)O)C(=O)[C@@H]4[C@@H]3CC3=C2C(=O)C=C(C)C3=O)c1O. The molecule has 0 saturated carbocycles. The number of imide groups is 1. The Bertz CT molecular complexity index is 1350. The van der Waals surface area contributed by atoms with Gasteiger partial charge in [-0.1, -0.05) is 23.8 Å². The Morgan fingerprint density at radius 1 is 1.14 bits per heavy atom. The van der Waals surface area contributed by atoms with E-state index in [2.05, 4.69) is 0 Å². The molecule has 192 valence electrons. The molecular weight excluding hydrogens is 478 g/mol. The third-order valence-corrected chi connectivity index (χ3v) is 7.84. The first-order valence-electron chi connectivity index (χ1n) is 12.4. The molecule has 2 N–H and O–H groups in total. The van der Waals surface area contributed by atoms with Gasteiger partial charge in [-0.2, -0.15) is 0 Å². The summed E-state index contributed by atoms with van der Waals surface area (Å²) in [4.78, 5) is 65.3. The Morgan fingerprint density at radius 2 is 1.89 bits per heavy atom. The van der Waals surface area contributed by atoms with Crippen LogP contribution in [0.5, 0.6) is 11.5 Å². The number of hydrogen-bond acceptors (Lipinski definition) is 7. The Morgan fingerprint density at radius 3 is 2.59 bits per heavy atom. The number of likely N-dealkylation sites (tertiary alicyclic amines) is 1. The first kappa shape index (κ1) is 24.7. The number of benzene rings is 1. The zero-order chi connectivity index (χ0) is 26.6. The maximum absolute atomic E-state index is 13.5. The summed E-state index contributed by atoms with van der Waals surface area (Å²) in [5, 5.41) is 20.2. The van der Waals surface area contributed by atoms with Crippen LogP contribution < -0.4 is 4.74 Å². The van der Waals surface area contributed by atoms with Crippen molar-refractivity contribution in [2.45, 2.75) is 39.0 Å². The number of carbonyl (C=O) groups is 5. The second kappa shape index (κ2) is 9.14. The molecule has 0 radical (unpaired) electrons. The number of aliphatic carboxylic acids is 1. The summed E-state index contributed by atoms with van der Waals surface area (Å²) >= 11 is 0. The van der Waals surface area contributed by atoms with Gasteiger partial charge in [-0.3, -0.25) is 28.9 Å². The van der Waals surface area contributed by atoms with Crippen molar-refractivity contribution in [2.75, 3.05) is 13.2 Å². The largest absolute Gasteiger partial charge is 0.504 e. The van der Waals surface area contributed by atoms with E-state index in [0.717, 1.165) is 4.90 Å². The molecule has 0 unspecified atom stereocenters. The van der Waals surface area contributed by atoms with E-state index in [1.54, 1.807) is 32.0 Å². The topological polar surface area (TPSA) is 138 Å². The quantitative estimate of drug-likeness (QED) is 0.342. The molecule has 1 fully saturated rings. The van der Waals surface area contributed by atoms with Crippen molar-refractivity contribution in [1.82, 2.24) is 4.90 Å². The van der Waals surface area contributed by atoms with Gasteiger partial charge in [0.25, 0.3) is 0 Å². The van der Waals surface area contributed by atoms with Crippen LogP contribution in [0.2, 0.25) is 0 Å². The first-order chi connectivity index (χ1) is 17.6. The van der Waals surface area contributed by atoms with E-state index in [-0.39, 0.29) is 54.4 Å². The number of aromatic hydroxyl groups is 1. The summed E-state index contributed by atoms with van der Waals surface area (Å²) in [7, 11) is 0. The highest BCUT2D eigenvalue weighted by atomic mass is 16.5. The van der Waals surface area contributed by atoms with E-state index in [1.165, 1.54) is 6.08 Å². The minimum Gasteiger partial charge on any atom is -0.504 e. The van der Waals surface area contributed by atoms with Crippen molar-refractivity contribution in [3.05, 3.63) is 58.2 Å². The van der Waals surface area contributed by atoms with E-state index < -0.39 is 41.5 Å². The highest BCUT2D eigenvalue weighted by Crippen LogP contribution is 2.56. The minimum atomic E-state index is -1.11. The molecule has 3 aliphatic carbocycles. The van der Waals surface area contributed by atoms with Crippen molar-refractivity contribution in [3.8, 4) is 11.5 Å². The number of para-hydroxylation sites is 1. The molecule has 1 aliphatic heterocycles. The van der Waals surface area contributed by atoms with Gasteiger partial charge < -0.3 is 14.9 Å². The van der Waals surface area contributed by atoms with Gasteiger partial charge in [0.05, 0.1) is 24.9 Å². The number of nitrogens with zero attached hydrogens (tertiary/aromatic N) is 1. The lowest BCUT2D eigenvalue weighted by Crippen LogP contribution is -2.40. The number of carboxylic acid groups (broad SMARTS) is 1. The summed E-state index contributed by atoms with van der Waals surface area (Å²) in [5.74, 6) is -5.26. The fraction of sp³-hybridized carbons (Fsp3) is 0.393. The van der Waals surface area contributed by atoms with E-state index in [1.807, 2.05) is 6.08 Å². The predicted molar refractivity (Wildman–Crippen MR) is 130 cm³/mol. The highest BCUT2D eigenvalue weighted by Gasteiger charge is 2.56. The van der Waals surface area contributed by atoms with E-state index >= 15 is 0 Å². The van der Waals surface area contributed by atoms with Crippen LogP contribution in [-0.2, 0) is 24.0 Å². The Hall–Kier alpha value is -4.01. The maximum atomic E-state index is 13.5. The molecule has 4 aliphatic rings. The van der Waals surface area contributed by atoms with Crippen molar-refractivity contribution in [1.29, 1.82) is 0 Å². The molecule has 37 heavy (non-hydrogen) atoms. The van der Waals surface area contributed by atoms with Crippen LogP contribution in [-0.4, -0.2) is 57.6 Å². The van der Waals surface area contributed by atoms with Gasteiger partial charge in [0, 0.05) is 34.7 Å². The Kier molecular flexibility index (Phi) is 6.09. The number of phenolic OH excluding ortho intramolecular Hbond substituents is 1. The summed E-state index contributed by atoms with van der Waals surface area (Å²) in [6.07, 6.45) is 3.16. The fourth-order valence-electron chi connectivity index (χ4n) is 6.27. The van der Waals surface area contributed by atoms with Crippen LogP contribution >= 0.6 is 0 Å². The minimum absolute atomic E-state index is 0.117. The molecule has 9 heteroatoms. The zero-order valence-corrected chi connectivity index (χ0v) is 20.5. The number of ether oxygens (including phenoxy) is 1. The molecule has 1 aromatic rings. The molecular formula is C28H27NO8. The summed E-state index contributed by atoms with van der Waals surface area (Å²) in [6, 6.07) is 4.98. The van der Waals surface area contributed by atoms with E-state index in [9.17, 15) is 29.1 Å². The van der Waals surface area contributed by atoms with Gasteiger partial charge in [-0.15, -0.1) is 0 Å². The number of hydrogen-bond donors (Lipinski definition) is 2. The second-order valence-corrected chi connectivity index (χ2v) is 9.83. The lowest BCUT2D eigenvalue weighted by atomic mass is 9.59. The van der Waals surface area contributed by atoms with Gasteiger partial charge in [0.1, 0.15) is 0 Å². The number of carbonyl (C=O) groups excluding carboxylic acids is 4. The molecule has 2 amide bonds. The van der Waals surface area contributed by atoms with Gasteiger partial charge in [0.15, 0.2) is 23.1 Å². The first-order valence-corrected chi connectivity index (χ1v) is 12.4. The second-order valence-electron chi connectivity index (χ2n) is 9.83. The zero-order valence-electron chi connectivity index (χ0n) is 20.5. The number of rotatable bonds is 6. The average Bonchev–Trinajstić information content (AvgIpc) is 3.11. The van der Waals surface area contributed by atoms with Crippen LogP contribution in [0.4, 0.5) is 0 Å². The van der Waals surface area contributed by atoms with E-state index in [0.29, 0.717) is 28.9 Å². The van der Waals surface area contributed by atoms with E-state index in [4.69, 9.17) is 9.84 Å². The number of phenols is 1. The van der Waals surface area contributed by atoms with Crippen molar-refractivity contribution in [2.24, 2.45) is 17.8 Å². The number of carboxylic acids is 1. The third kappa shape index (κ3) is 3.80. The van der Waals surface area contributed by atoms with Crippen LogP contribution in [0, 0.1) is 17.8 Å². The van der Waals surface area contributed by atoms with Crippen molar-refractivity contribution < 1.29 is 38.9 Å². The number of fused-ring (bicyclic) bond motifs is 3. The summed E-state index contributed by atoms with van der Waals surface area (Å²) in [5.41, 5.74) is 1.97. The average molecular weight is 506 g/mol. The summed E-state index contributed by atoms with van der Waals surface area (Å²) in [6.45, 7) is 3.45. The Labute approximate surface area is 213 Å². The van der Waals surface area contributed by atoms with Gasteiger partial charge >= 0.3 is 5.97 Å². The number of Topliss-reactive ketones (excluding diaryl/α,β-unsaturated/α-hetero) is 1. The smallest absolute Gasteiger partial charge is 0.305 e. The molecule has 1 aromatic carbocycles. The molecule has 0 aromatic heterocycles. The molecule has 5 rings (SSSR count). The fourth-order valence-corrected chi connectivity index (χ4v) is 6.27. The third-order valence-electron chi connectivity index (χ3n) is 7.84.